The van der Waals surface area contributed by atoms with Crippen LogP contribution in [0.2, 0.25) is 0 Å². The van der Waals surface area contributed by atoms with Crippen molar-refractivity contribution in [1.82, 2.24) is 5.32 Å². The quantitative estimate of drug-likeness (QED) is 0.0506. The summed E-state index contributed by atoms with van der Waals surface area (Å²) in [5, 5.41) is 20.7. The van der Waals surface area contributed by atoms with Crippen molar-refractivity contribution in [3.05, 3.63) is 47.1 Å². The summed E-state index contributed by atoms with van der Waals surface area (Å²) in [4.78, 5) is 75.3. The summed E-state index contributed by atoms with van der Waals surface area (Å²) in [6.07, 6.45) is 5.64. The number of benzene rings is 1. The molecule has 0 spiro atoms. The van der Waals surface area contributed by atoms with Crippen molar-refractivity contribution in [1.29, 1.82) is 0 Å². The number of hydrogen-bond donors (Lipinski definition) is 3. The molecule has 1 aromatic carbocycles. The molecule has 51 heavy (non-hydrogen) atoms. The maximum Gasteiger partial charge on any atom is 0.334 e. The summed E-state index contributed by atoms with van der Waals surface area (Å²) in [6.45, 7) is 17.4. The van der Waals surface area contributed by atoms with E-state index in [9.17, 15) is 28.8 Å². The van der Waals surface area contributed by atoms with Gasteiger partial charge < -0.3 is 25.0 Å². The summed E-state index contributed by atoms with van der Waals surface area (Å²) in [5.74, 6) is -6.18. The van der Waals surface area contributed by atoms with Crippen LogP contribution in [0.25, 0.3) is 0 Å². The van der Waals surface area contributed by atoms with Gasteiger partial charge in [-0.2, -0.15) is 0 Å². The first-order valence-corrected chi connectivity index (χ1v) is 18.1. The van der Waals surface area contributed by atoms with Gasteiger partial charge in [0.25, 0.3) is 0 Å². The number of carboxylic acid groups (broad SMARTS) is 2. The van der Waals surface area contributed by atoms with E-state index >= 15 is 0 Å². The molecule has 4 atom stereocenters. The first kappa shape index (κ1) is 42.9. The van der Waals surface area contributed by atoms with Gasteiger partial charge >= 0.3 is 23.9 Å². The van der Waals surface area contributed by atoms with E-state index in [-0.39, 0.29) is 67.1 Å². The molecule has 11 nitrogen and oxygen atoms in total. The van der Waals surface area contributed by atoms with Crippen molar-refractivity contribution in [2.45, 2.75) is 131 Å². The van der Waals surface area contributed by atoms with E-state index in [0.29, 0.717) is 12.0 Å². The van der Waals surface area contributed by atoms with E-state index < -0.39 is 47.7 Å². The fraction of sp³-hybridized carbons (Fsp3) is 0.600. The highest BCUT2D eigenvalue weighted by atomic mass is 16.5. The average molecular weight is 712 g/mol. The second kappa shape index (κ2) is 20.5. The number of Topliss-reactive ketones (excluding diaryl/α,β-unsaturated/α-hetero) is 1. The van der Waals surface area contributed by atoms with Gasteiger partial charge in [-0.15, -0.1) is 0 Å². The Kier molecular flexibility index (Phi) is 17.3. The Morgan fingerprint density at radius 2 is 1.47 bits per heavy atom. The maximum atomic E-state index is 14.0. The Labute approximate surface area is 302 Å². The lowest BCUT2D eigenvalue weighted by molar-refractivity contribution is -0.143. The van der Waals surface area contributed by atoms with E-state index in [4.69, 9.17) is 19.7 Å². The van der Waals surface area contributed by atoms with Crippen LogP contribution in [0.4, 0.5) is 0 Å². The highest BCUT2D eigenvalue weighted by Gasteiger charge is 2.36. The molecule has 282 valence electrons. The van der Waals surface area contributed by atoms with Crippen LogP contribution in [-0.2, 0) is 35.2 Å². The van der Waals surface area contributed by atoms with E-state index in [1.807, 2.05) is 13.8 Å². The van der Waals surface area contributed by atoms with Crippen molar-refractivity contribution < 1.29 is 48.5 Å². The molecule has 1 amide bonds. The zero-order valence-electron chi connectivity index (χ0n) is 31.3. The Morgan fingerprint density at radius 1 is 0.882 bits per heavy atom. The van der Waals surface area contributed by atoms with Crippen LogP contribution >= 0.6 is 0 Å². The number of hydrogen-bond acceptors (Lipinski definition) is 8. The first-order valence-electron chi connectivity index (χ1n) is 18.1. The fourth-order valence-corrected chi connectivity index (χ4v) is 6.29. The lowest BCUT2D eigenvalue weighted by Gasteiger charge is -2.33. The number of rotatable bonds is 21. The minimum absolute atomic E-state index is 0.0790. The van der Waals surface area contributed by atoms with Crippen LogP contribution in [0, 0.1) is 23.7 Å². The van der Waals surface area contributed by atoms with E-state index in [2.05, 4.69) is 24.9 Å². The number of nitrogens with one attached hydrogen (secondary N) is 1. The van der Waals surface area contributed by atoms with Crippen molar-refractivity contribution in [2.24, 2.45) is 23.7 Å². The topological polar surface area (TPSA) is 173 Å². The zero-order valence-corrected chi connectivity index (χ0v) is 31.3. The summed E-state index contributed by atoms with van der Waals surface area (Å²) in [6, 6.07) is 2.49. The lowest BCUT2D eigenvalue weighted by Crippen LogP contribution is -2.46. The van der Waals surface area contributed by atoms with Crippen molar-refractivity contribution in [2.75, 3.05) is 0 Å². The molecular weight excluding hydrogens is 654 g/mol. The van der Waals surface area contributed by atoms with Gasteiger partial charge in [0.05, 0.1) is 18.8 Å². The molecule has 0 radical (unpaired) electrons. The van der Waals surface area contributed by atoms with E-state index in [1.165, 1.54) is 0 Å². The largest absolute Gasteiger partial charge is 0.481 e. The number of carboxylic acids is 2. The number of aliphatic carboxylic acids is 2. The van der Waals surface area contributed by atoms with Crippen LogP contribution in [0.3, 0.4) is 0 Å². The van der Waals surface area contributed by atoms with Gasteiger partial charge in [-0.1, -0.05) is 71.3 Å². The zero-order chi connectivity index (χ0) is 38.4. The number of carbonyl (C=O) groups excluding carboxylic acids is 4. The molecule has 0 aromatic heterocycles. The standard InChI is InChI=1S/C40H57NO10/c1-9-10-11-12-27-20-32(50-39(48)30(24(4)5)22-28(42)14-17-35(44)45)37(31-19-26(8)13-15-29(31)23(2)3)33(21-27)51-40(49)38(25(6)7)41-34(43)16-18-36(46)47/h19-21,24-25,29-31,38H,2,9-18,22H2,1,3-8H3,(H,41,43)(H,44,45)(H,46,47)/t29?,30-,31?,38-/m0/s1. The molecule has 3 N–H and O–H groups in total. The van der Waals surface area contributed by atoms with Crippen molar-refractivity contribution in [3.63, 3.8) is 0 Å². The SMILES string of the molecule is C=C(C)C1CCC(C)=CC1c1c(OC(=O)[C@@H](CC(=O)CCC(=O)O)C(C)C)cc(CCCCC)cc1OC(=O)[C@@H](NC(=O)CCC(=O)O)C(C)C. The predicted octanol–water partition coefficient (Wildman–Crippen LogP) is 7.35. The van der Waals surface area contributed by atoms with Crippen molar-refractivity contribution >= 4 is 35.6 Å². The predicted molar refractivity (Wildman–Crippen MR) is 193 cm³/mol. The molecule has 2 rings (SSSR count). The van der Waals surface area contributed by atoms with Crippen LogP contribution in [0.15, 0.2) is 35.9 Å². The molecular formula is C40H57NO10. The molecule has 1 aromatic rings. The fourth-order valence-electron chi connectivity index (χ4n) is 6.29. The summed E-state index contributed by atoms with van der Waals surface area (Å²) in [5.41, 5.74) is 3.25. The second-order valence-electron chi connectivity index (χ2n) is 14.5. The molecule has 1 aliphatic carbocycles. The van der Waals surface area contributed by atoms with Gasteiger partial charge in [-0.3, -0.25) is 24.0 Å². The molecule has 0 bridgehead atoms. The normalized spacial score (nSPS) is 16.9. The van der Waals surface area contributed by atoms with Gasteiger partial charge in [0, 0.05) is 30.7 Å². The maximum absolute atomic E-state index is 14.0. The second-order valence-corrected chi connectivity index (χ2v) is 14.5. The Bertz CT molecular complexity index is 1390. The Morgan fingerprint density at radius 3 is 2.00 bits per heavy atom. The first-order chi connectivity index (χ1) is 23.9. The summed E-state index contributed by atoms with van der Waals surface area (Å²) >= 11 is 0. The van der Waals surface area contributed by atoms with Crippen LogP contribution in [0.1, 0.15) is 130 Å². The number of unbranched alkanes of at least 4 members (excludes halogenated alkanes) is 2. The molecule has 0 saturated heterocycles. The average Bonchev–Trinajstić information content (AvgIpc) is 3.03. The minimum Gasteiger partial charge on any atom is -0.481 e. The van der Waals surface area contributed by atoms with Gasteiger partial charge in [-0.25, -0.2) is 4.79 Å². The molecule has 11 heteroatoms. The third kappa shape index (κ3) is 13.8. The summed E-state index contributed by atoms with van der Waals surface area (Å²) in [7, 11) is 0. The lowest BCUT2D eigenvalue weighted by atomic mass is 9.73. The number of allylic oxidation sites excluding steroid dienone is 3. The third-order valence-electron chi connectivity index (χ3n) is 9.34. The van der Waals surface area contributed by atoms with Crippen LogP contribution in [0.5, 0.6) is 11.5 Å². The number of ether oxygens (including phenoxy) is 2. The third-order valence-corrected chi connectivity index (χ3v) is 9.34. The molecule has 0 fully saturated rings. The number of amides is 1. The molecule has 0 saturated carbocycles. The molecule has 0 heterocycles. The van der Waals surface area contributed by atoms with E-state index in [1.54, 1.807) is 39.8 Å². The Hall–Kier alpha value is -4.28. The number of esters is 2. The number of aryl methyl sites for hydroxylation is 1. The number of carbonyl (C=O) groups is 6. The van der Waals surface area contributed by atoms with Gasteiger partial charge in [0.2, 0.25) is 5.91 Å². The van der Waals surface area contributed by atoms with Crippen LogP contribution < -0.4 is 14.8 Å². The molecule has 1 aliphatic rings. The van der Waals surface area contributed by atoms with E-state index in [0.717, 1.165) is 48.8 Å². The van der Waals surface area contributed by atoms with Crippen LogP contribution in [-0.4, -0.2) is 51.8 Å². The highest BCUT2D eigenvalue weighted by molar-refractivity contribution is 5.88. The van der Waals surface area contributed by atoms with Gasteiger partial charge in [0.15, 0.2) is 0 Å². The smallest absolute Gasteiger partial charge is 0.334 e. The minimum atomic E-state index is -1.13. The summed E-state index contributed by atoms with van der Waals surface area (Å²) < 4.78 is 12.4. The number of ketones is 1. The molecule has 0 aliphatic heterocycles. The Balaban J connectivity index is 2.74. The van der Waals surface area contributed by atoms with Crippen molar-refractivity contribution in [3.8, 4) is 11.5 Å². The monoisotopic (exact) mass is 711 g/mol. The highest BCUT2D eigenvalue weighted by Crippen LogP contribution is 2.48. The van der Waals surface area contributed by atoms with Gasteiger partial charge in [0.1, 0.15) is 23.3 Å². The van der Waals surface area contributed by atoms with Gasteiger partial charge in [-0.05, 0) is 75.0 Å². The molecule has 2 unspecified atom stereocenters.